The van der Waals surface area contributed by atoms with Crippen molar-refractivity contribution >= 4 is 5.91 Å². The molecule has 16 heavy (non-hydrogen) atoms. The largest absolute Gasteiger partial charge is 0.381 e. The Balaban J connectivity index is 1.84. The molecule has 1 aliphatic heterocycles. The average Bonchev–Trinajstić information content (AvgIpc) is 2.73. The van der Waals surface area contributed by atoms with Crippen molar-refractivity contribution in [1.29, 1.82) is 0 Å². The highest BCUT2D eigenvalue weighted by Crippen LogP contribution is 2.18. The lowest BCUT2D eigenvalue weighted by Gasteiger charge is -2.24. The van der Waals surface area contributed by atoms with Gasteiger partial charge in [0.1, 0.15) is 0 Å². The first kappa shape index (κ1) is 11.9. The van der Waals surface area contributed by atoms with Gasteiger partial charge >= 0.3 is 0 Å². The highest BCUT2D eigenvalue weighted by molar-refractivity contribution is 5.79. The third kappa shape index (κ3) is 2.95. The molecule has 92 valence electrons. The molecule has 4 nitrogen and oxygen atoms in total. The van der Waals surface area contributed by atoms with Crippen LogP contribution in [-0.2, 0) is 9.53 Å². The normalized spacial score (nSPS) is 35.7. The summed E-state index contributed by atoms with van der Waals surface area (Å²) in [5.41, 5.74) is 6.08. The van der Waals surface area contributed by atoms with E-state index < -0.39 is 0 Å². The molecule has 1 saturated carbocycles. The summed E-state index contributed by atoms with van der Waals surface area (Å²) in [4.78, 5) is 11.9. The molecule has 3 atom stereocenters. The van der Waals surface area contributed by atoms with Crippen molar-refractivity contribution < 1.29 is 9.53 Å². The Morgan fingerprint density at radius 3 is 2.75 bits per heavy atom. The summed E-state index contributed by atoms with van der Waals surface area (Å²) >= 11 is 0. The van der Waals surface area contributed by atoms with Crippen LogP contribution in [0.5, 0.6) is 0 Å². The van der Waals surface area contributed by atoms with Gasteiger partial charge in [-0.3, -0.25) is 4.79 Å². The van der Waals surface area contributed by atoms with Crippen LogP contribution in [-0.4, -0.2) is 31.2 Å². The predicted molar refractivity (Wildman–Crippen MR) is 61.9 cm³/mol. The van der Waals surface area contributed by atoms with E-state index in [1.807, 2.05) is 0 Å². The summed E-state index contributed by atoms with van der Waals surface area (Å²) in [7, 11) is 0. The smallest absolute Gasteiger partial charge is 0.225 e. The van der Waals surface area contributed by atoms with Gasteiger partial charge < -0.3 is 15.8 Å². The van der Waals surface area contributed by atoms with Gasteiger partial charge in [-0.05, 0) is 19.3 Å². The zero-order valence-electron chi connectivity index (χ0n) is 9.78. The van der Waals surface area contributed by atoms with E-state index in [-0.39, 0.29) is 23.9 Å². The standard InChI is InChI=1S/C12H22N2O2/c13-10-4-2-1-3-5-11(10)14-12(15)9-6-7-16-8-9/h9-11H,1-8,13H2,(H,14,15). The minimum Gasteiger partial charge on any atom is -0.381 e. The number of hydrogen-bond acceptors (Lipinski definition) is 3. The fourth-order valence-corrected chi connectivity index (χ4v) is 2.56. The summed E-state index contributed by atoms with van der Waals surface area (Å²) in [6, 6.07) is 0.310. The number of carbonyl (C=O) groups is 1. The lowest BCUT2D eigenvalue weighted by Crippen LogP contribution is -2.48. The maximum absolute atomic E-state index is 11.9. The SMILES string of the molecule is NC1CCCCCC1NC(=O)C1CCOC1. The van der Waals surface area contributed by atoms with Gasteiger partial charge in [0.05, 0.1) is 12.5 Å². The maximum atomic E-state index is 11.9. The van der Waals surface area contributed by atoms with Gasteiger partial charge in [-0.25, -0.2) is 0 Å². The summed E-state index contributed by atoms with van der Waals surface area (Å²) in [6.07, 6.45) is 6.53. The van der Waals surface area contributed by atoms with Gasteiger partial charge in [-0.15, -0.1) is 0 Å². The first-order chi connectivity index (χ1) is 7.77. The second-order valence-corrected chi connectivity index (χ2v) is 4.98. The second kappa shape index (κ2) is 5.64. The molecule has 1 amide bonds. The van der Waals surface area contributed by atoms with Crippen LogP contribution in [0.25, 0.3) is 0 Å². The van der Waals surface area contributed by atoms with Crippen molar-refractivity contribution in [2.45, 2.75) is 50.6 Å². The fourth-order valence-electron chi connectivity index (χ4n) is 2.56. The molecule has 2 aliphatic rings. The van der Waals surface area contributed by atoms with Crippen LogP contribution < -0.4 is 11.1 Å². The molecule has 0 bridgehead atoms. The monoisotopic (exact) mass is 226 g/mol. The Hall–Kier alpha value is -0.610. The summed E-state index contributed by atoms with van der Waals surface area (Å²) in [5.74, 6) is 0.190. The Morgan fingerprint density at radius 1 is 1.19 bits per heavy atom. The van der Waals surface area contributed by atoms with Gasteiger partial charge in [-0.2, -0.15) is 0 Å². The molecule has 3 unspecified atom stereocenters. The number of rotatable bonds is 2. The minimum atomic E-state index is 0.0513. The molecule has 0 spiro atoms. The van der Waals surface area contributed by atoms with Crippen LogP contribution in [0.2, 0.25) is 0 Å². The van der Waals surface area contributed by atoms with Crippen molar-refractivity contribution in [2.75, 3.05) is 13.2 Å². The minimum absolute atomic E-state index is 0.0513. The Kier molecular flexibility index (Phi) is 4.18. The van der Waals surface area contributed by atoms with Gasteiger partial charge in [0.2, 0.25) is 5.91 Å². The Labute approximate surface area is 96.9 Å². The highest BCUT2D eigenvalue weighted by Gasteiger charge is 2.28. The van der Waals surface area contributed by atoms with Crippen molar-refractivity contribution in [3.8, 4) is 0 Å². The molecule has 0 aromatic carbocycles. The summed E-state index contributed by atoms with van der Waals surface area (Å²) < 4.78 is 5.23. The van der Waals surface area contributed by atoms with E-state index in [4.69, 9.17) is 10.5 Å². The zero-order chi connectivity index (χ0) is 11.4. The predicted octanol–water partition coefficient (Wildman–Crippen LogP) is 0.799. The van der Waals surface area contributed by atoms with Gasteiger partial charge in [-0.1, -0.05) is 19.3 Å². The Morgan fingerprint density at radius 2 is 2.00 bits per heavy atom. The van der Waals surface area contributed by atoms with E-state index in [2.05, 4.69) is 5.32 Å². The zero-order valence-corrected chi connectivity index (χ0v) is 9.78. The fraction of sp³-hybridized carbons (Fsp3) is 0.917. The van der Waals surface area contributed by atoms with Crippen LogP contribution >= 0.6 is 0 Å². The molecule has 0 aromatic heterocycles. The summed E-state index contributed by atoms with van der Waals surface area (Å²) in [6.45, 7) is 1.29. The molecule has 1 aliphatic carbocycles. The topological polar surface area (TPSA) is 64.3 Å². The highest BCUT2D eigenvalue weighted by atomic mass is 16.5. The van der Waals surface area contributed by atoms with Gasteiger partial charge in [0.25, 0.3) is 0 Å². The number of carbonyl (C=O) groups excluding carboxylic acids is 1. The second-order valence-electron chi connectivity index (χ2n) is 4.98. The van der Waals surface area contributed by atoms with Gasteiger partial charge in [0.15, 0.2) is 0 Å². The van der Waals surface area contributed by atoms with Crippen LogP contribution in [0.1, 0.15) is 38.5 Å². The number of nitrogens with two attached hydrogens (primary N) is 1. The quantitative estimate of drug-likeness (QED) is 0.684. The molecular formula is C12H22N2O2. The van der Waals surface area contributed by atoms with Crippen molar-refractivity contribution in [1.82, 2.24) is 5.32 Å². The molecule has 3 N–H and O–H groups in total. The number of amides is 1. The third-order valence-corrected chi connectivity index (χ3v) is 3.70. The van der Waals surface area contributed by atoms with Crippen LogP contribution in [0, 0.1) is 5.92 Å². The van der Waals surface area contributed by atoms with E-state index >= 15 is 0 Å². The maximum Gasteiger partial charge on any atom is 0.225 e. The first-order valence-corrected chi connectivity index (χ1v) is 6.41. The lowest BCUT2D eigenvalue weighted by atomic mass is 10.0. The van der Waals surface area contributed by atoms with E-state index in [1.54, 1.807) is 0 Å². The molecule has 0 radical (unpaired) electrons. The first-order valence-electron chi connectivity index (χ1n) is 6.41. The molecule has 1 saturated heterocycles. The van der Waals surface area contributed by atoms with Crippen molar-refractivity contribution in [2.24, 2.45) is 11.7 Å². The molecule has 2 fully saturated rings. The van der Waals surface area contributed by atoms with Crippen LogP contribution in [0.3, 0.4) is 0 Å². The van der Waals surface area contributed by atoms with Crippen molar-refractivity contribution in [3.63, 3.8) is 0 Å². The molecule has 4 heteroatoms. The number of hydrogen-bond donors (Lipinski definition) is 2. The van der Waals surface area contributed by atoms with E-state index in [0.717, 1.165) is 25.9 Å². The number of ether oxygens (including phenoxy) is 1. The van der Waals surface area contributed by atoms with Crippen LogP contribution in [0.15, 0.2) is 0 Å². The molecular weight excluding hydrogens is 204 g/mol. The van der Waals surface area contributed by atoms with E-state index in [0.29, 0.717) is 6.61 Å². The lowest BCUT2D eigenvalue weighted by molar-refractivity contribution is -0.125. The number of nitrogens with one attached hydrogen (secondary N) is 1. The van der Waals surface area contributed by atoms with Crippen LogP contribution in [0.4, 0.5) is 0 Å². The molecule has 2 rings (SSSR count). The Bertz CT molecular complexity index is 239. The average molecular weight is 226 g/mol. The van der Waals surface area contributed by atoms with Gasteiger partial charge in [0, 0.05) is 18.7 Å². The molecule has 0 aromatic rings. The summed E-state index contributed by atoms with van der Waals surface area (Å²) in [5, 5.41) is 3.11. The van der Waals surface area contributed by atoms with Crippen molar-refractivity contribution in [3.05, 3.63) is 0 Å². The van der Waals surface area contributed by atoms with E-state index in [1.165, 1.54) is 19.3 Å². The third-order valence-electron chi connectivity index (χ3n) is 3.70. The van der Waals surface area contributed by atoms with E-state index in [9.17, 15) is 4.79 Å². The molecule has 1 heterocycles.